The normalized spacial score (nSPS) is 20.6. The molecule has 0 aliphatic carbocycles. The molecule has 1 aliphatic heterocycles. The Morgan fingerprint density at radius 2 is 2.25 bits per heavy atom. The lowest BCUT2D eigenvalue weighted by Gasteiger charge is -2.13. The highest BCUT2D eigenvalue weighted by Crippen LogP contribution is 2.28. The molecule has 9 heteroatoms. The van der Waals surface area contributed by atoms with Gasteiger partial charge in [-0.15, -0.1) is 0 Å². The van der Waals surface area contributed by atoms with Crippen molar-refractivity contribution in [2.45, 2.75) is 24.3 Å². The summed E-state index contributed by atoms with van der Waals surface area (Å²) in [7, 11) is -1.78. The predicted molar refractivity (Wildman–Crippen MR) is 68.4 cm³/mol. The molecule has 0 bridgehead atoms. The summed E-state index contributed by atoms with van der Waals surface area (Å²) in [6, 6.07) is 0. The van der Waals surface area contributed by atoms with E-state index in [-0.39, 0.29) is 10.9 Å². The molecular formula is C11H15N5O3S. The molecule has 1 atom stereocenters. The maximum absolute atomic E-state index is 12.5. The minimum absolute atomic E-state index is 0.0201. The van der Waals surface area contributed by atoms with E-state index in [1.807, 2.05) is 0 Å². The molecule has 3 heterocycles. The third-order valence-corrected chi connectivity index (χ3v) is 5.32. The molecule has 2 aromatic rings. The molecule has 0 unspecified atom stereocenters. The van der Waals surface area contributed by atoms with Crippen LogP contribution in [0.2, 0.25) is 0 Å². The molecule has 1 aliphatic rings. The quantitative estimate of drug-likeness (QED) is 0.808. The summed E-state index contributed by atoms with van der Waals surface area (Å²) in [5.74, 6) is 1.20. The fraction of sp³-hybridized carbons (Fsp3) is 0.545. The van der Waals surface area contributed by atoms with Crippen LogP contribution in [-0.2, 0) is 17.1 Å². The second-order valence-corrected chi connectivity index (χ2v) is 6.76. The molecule has 2 aromatic heterocycles. The first kappa shape index (κ1) is 13.3. The Balaban J connectivity index is 1.83. The highest BCUT2D eigenvalue weighted by Gasteiger charge is 2.36. The van der Waals surface area contributed by atoms with Crippen LogP contribution in [-0.4, -0.2) is 45.5 Å². The van der Waals surface area contributed by atoms with Gasteiger partial charge in [-0.1, -0.05) is 5.16 Å². The number of hydrogen-bond acceptors (Lipinski definition) is 6. The zero-order valence-corrected chi connectivity index (χ0v) is 12.0. The maximum atomic E-state index is 12.5. The number of rotatable bonds is 3. The zero-order chi connectivity index (χ0) is 14.3. The molecule has 0 radical (unpaired) electrons. The summed E-state index contributed by atoms with van der Waals surface area (Å²) in [4.78, 5) is 8.08. The minimum atomic E-state index is -3.55. The standard InChI is InChI=1S/C11H15N5O3S/c1-8-13-10(6-15(8)2)20(17,18)16-4-3-9(5-16)11-12-7-19-14-11/h6-7,9H,3-5H2,1-2H3/t9-/m1/s1. The van der Waals surface area contributed by atoms with Gasteiger partial charge in [0, 0.05) is 32.3 Å². The van der Waals surface area contributed by atoms with Crippen LogP contribution in [0.4, 0.5) is 0 Å². The fourth-order valence-corrected chi connectivity index (χ4v) is 3.82. The third kappa shape index (κ3) is 2.12. The first-order valence-corrected chi connectivity index (χ1v) is 7.69. The summed E-state index contributed by atoms with van der Waals surface area (Å²) in [6.45, 7) is 2.57. The van der Waals surface area contributed by atoms with E-state index in [1.165, 1.54) is 16.9 Å². The summed E-state index contributed by atoms with van der Waals surface area (Å²) >= 11 is 0. The largest absolute Gasteiger partial charge is 0.343 e. The number of imidazole rings is 1. The Kier molecular flexibility index (Phi) is 3.09. The van der Waals surface area contributed by atoms with Crippen molar-refractivity contribution >= 4 is 10.0 Å². The number of aryl methyl sites for hydroxylation is 2. The number of nitrogens with zero attached hydrogens (tertiary/aromatic N) is 5. The van der Waals surface area contributed by atoms with E-state index in [2.05, 4.69) is 15.1 Å². The number of hydrogen-bond donors (Lipinski definition) is 0. The molecule has 108 valence electrons. The van der Waals surface area contributed by atoms with Gasteiger partial charge in [0.25, 0.3) is 10.0 Å². The lowest BCUT2D eigenvalue weighted by atomic mass is 10.1. The molecule has 20 heavy (non-hydrogen) atoms. The van der Waals surface area contributed by atoms with Crippen LogP contribution < -0.4 is 0 Å². The average molecular weight is 297 g/mol. The molecule has 3 rings (SSSR count). The first-order chi connectivity index (χ1) is 9.48. The van der Waals surface area contributed by atoms with Gasteiger partial charge < -0.3 is 9.09 Å². The Morgan fingerprint density at radius 1 is 1.45 bits per heavy atom. The van der Waals surface area contributed by atoms with Gasteiger partial charge in [0.1, 0.15) is 5.82 Å². The van der Waals surface area contributed by atoms with E-state index in [4.69, 9.17) is 4.52 Å². The topological polar surface area (TPSA) is 94.1 Å². The summed E-state index contributed by atoms with van der Waals surface area (Å²) < 4.78 is 32.8. The van der Waals surface area contributed by atoms with E-state index in [0.717, 1.165) is 0 Å². The van der Waals surface area contributed by atoms with Gasteiger partial charge in [0.15, 0.2) is 10.9 Å². The average Bonchev–Trinajstić information content (AvgIpc) is 3.10. The Hall–Kier alpha value is -1.74. The highest BCUT2D eigenvalue weighted by atomic mass is 32.2. The zero-order valence-electron chi connectivity index (χ0n) is 11.2. The monoisotopic (exact) mass is 297 g/mol. The Bertz CT molecular complexity index is 687. The lowest BCUT2D eigenvalue weighted by Crippen LogP contribution is -2.29. The summed E-state index contributed by atoms with van der Waals surface area (Å²) in [6.07, 6.45) is 3.48. The second-order valence-electron chi connectivity index (χ2n) is 4.88. The molecule has 0 aromatic carbocycles. The molecule has 0 N–H and O–H groups in total. The van der Waals surface area contributed by atoms with E-state index < -0.39 is 10.0 Å². The van der Waals surface area contributed by atoms with E-state index >= 15 is 0 Å². The summed E-state index contributed by atoms with van der Waals surface area (Å²) in [5, 5.41) is 3.87. The van der Waals surface area contributed by atoms with Gasteiger partial charge in [0.2, 0.25) is 6.39 Å². The maximum Gasteiger partial charge on any atom is 0.262 e. The van der Waals surface area contributed by atoms with Crippen molar-refractivity contribution in [1.29, 1.82) is 0 Å². The van der Waals surface area contributed by atoms with Crippen LogP contribution in [0, 0.1) is 6.92 Å². The molecule has 8 nitrogen and oxygen atoms in total. The van der Waals surface area contributed by atoms with Crippen molar-refractivity contribution in [2.75, 3.05) is 13.1 Å². The van der Waals surface area contributed by atoms with Crippen molar-refractivity contribution in [1.82, 2.24) is 24.0 Å². The van der Waals surface area contributed by atoms with Crippen LogP contribution in [0.15, 0.2) is 22.1 Å². The Morgan fingerprint density at radius 3 is 2.85 bits per heavy atom. The third-order valence-electron chi connectivity index (χ3n) is 3.59. The van der Waals surface area contributed by atoms with Gasteiger partial charge in [-0.25, -0.2) is 13.4 Å². The second kappa shape index (κ2) is 4.67. The van der Waals surface area contributed by atoms with Gasteiger partial charge in [0.05, 0.1) is 0 Å². The van der Waals surface area contributed by atoms with Gasteiger partial charge in [-0.3, -0.25) is 0 Å². The van der Waals surface area contributed by atoms with Crippen molar-refractivity contribution in [3.8, 4) is 0 Å². The van der Waals surface area contributed by atoms with Gasteiger partial charge in [-0.05, 0) is 13.3 Å². The highest BCUT2D eigenvalue weighted by molar-refractivity contribution is 7.89. The van der Waals surface area contributed by atoms with Crippen LogP contribution in [0.5, 0.6) is 0 Å². The van der Waals surface area contributed by atoms with Gasteiger partial charge >= 0.3 is 0 Å². The van der Waals surface area contributed by atoms with Crippen LogP contribution in [0.3, 0.4) is 0 Å². The van der Waals surface area contributed by atoms with Crippen LogP contribution in [0.1, 0.15) is 24.0 Å². The van der Waals surface area contributed by atoms with Crippen molar-refractivity contribution in [2.24, 2.45) is 7.05 Å². The minimum Gasteiger partial charge on any atom is -0.343 e. The summed E-state index contributed by atoms with van der Waals surface area (Å²) in [5.41, 5.74) is 0. The Labute approximate surface area is 116 Å². The van der Waals surface area contributed by atoms with E-state index in [9.17, 15) is 8.42 Å². The molecule has 1 fully saturated rings. The predicted octanol–water partition coefficient (Wildman–Crippen LogP) is 0.290. The molecule has 0 amide bonds. The lowest BCUT2D eigenvalue weighted by molar-refractivity contribution is 0.403. The van der Waals surface area contributed by atoms with E-state index in [1.54, 1.807) is 18.5 Å². The fourth-order valence-electron chi connectivity index (χ4n) is 2.30. The van der Waals surface area contributed by atoms with Crippen LogP contribution >= 0.6 is 0 Å². The molecule has 0 saturated carbocycles. The van der Waals surface area contributed by atoms with Gasteiger partial charge in [-0.2, -0.15) is 9.29 Å². The molecular weight excluding hydrogens is 282 g/mol. The van der Waals surface area contributed by atoms with Crippen molar-refractivity contribution < 1.29 is 12.9 Å². The van der Waals surface area contributed by atoms with Crippen molar-refractivity contribution in [3.05, 3.63) is 24.2 Å². The number of sulfonamides is 1. The number of aromatic nitrogens is 4. The smallest absolute Gasteiger partial charge is 0.262 e. The van der Waals surface area contributed by atoms with Crippen molar-refractivity contribution in [3.63, 3.8) is 0 Å². The SMILES string of the molecule is Cc1nc(S(=O)(=O)N2CC[C@@H](c3ncon3)C2)cn1C. The molecule has 0 spiro atoms. The van der Waals surface area contributed by atoms with Crippen LogP contribution in [0.25, 0.3) is 0 Å². The first-order valence-electron chi connectivity index (χ1n) is 6.25. The molecule has 1 saturated heterocycles. The van der Waals surface area contributed by atoms with E-state index in [0.29, 0.717) is 31.2 Å².